The molecule has 1 saturated heterocycles. The molecule has 1 aliphatic rings. The molecule has 1 aromatic heterocycles. The van der Waals surface area contributed by atoms with Crippen molar-refractivity contribution in [1.82, 2.24) is 5.32 Å². The lowest BCUT2D eigenvalue weighted by molar-refractivity contribution is 0.102. The van der Waals surface area contributed by atoms with E-state index in [0.29, 0.717) is 41.8 Å². The normalized spacial score (nSPS) is 15.7. The van der Waals surface area contributed by atoms with Crippen LogP contribution in [0.1, 0.15) is 54.2 Å². The second-order valence-electron chi connectivity index (χ2n) is 7.80. The number of carbonyl (C=O) groups is 1. The van der Waals surface area contributed by atoms with Gasteiger partial charge in [0.25, 0.3) is 5.91 Å². The molecule has 2 heterocycles. The number of aryl methyl sites for hydroxylation is 1. The molecule has 0 saturated carbocycles. The third-order valence-corrected chi connectivity index (χ3v) is 5.62. The summed E-state index contributed by atoms with van der Waals surface area (Å²) in [4.78, 5) is 25.6. The predicted octanol–water partition coefficient (Wildman–Crippen LogP) is 4.58. The number of hydrogen-bond acceptors (Lipinski definition) is 6. The molecule has 32 heavy (non-hydrogen) atoms. The van der Waals surface area contributed by atoms with Crippen LogP contribution >= 0.6 is 0 Å². The van der Waals surface area contributed by atoms with Crippen molar-refractivity contribution in [2.75, 3.05) is 25.1 Å². The van der Waals surface area contributed by atoms with Gasteiger partial charge in [-0.15, -0.1) is 0 Å². The Morgan fingerprint density at radius 2 is 1.97 bits per heavy atom. The Labute approximate surface area is 186 Å². The third-order valence-electron chi connectivity index (χ3n) is 5.62. The lowest BCUT2D eigenvalue weighted by Gasteiger charge is -2.15. The average Bonchev–Trinajstić information content (AvgIpc) is 3.31. The topological polar surface area (TPSA) is 89.8 Å². The van der Waals surface area contributed by atoms with E-state index in [1.165, 1.54) is 11.6 Å². The van der Waals surface area contributed by atoms with Crippen molar-refractivity contribution in [2.45, 2.75) is 39.7 Å². The fraction of sp³-hybridized carbons (Fsp3) is 0.360. The van der Waals surface area contributed by atoms with E-state index in [0.717, 1.165) is 24.9 Å². The summed E-state index contributed by atoms with van der Waals surface area (Å²) in [7, 11) is 0. The number of hydrogen-bond donors (Lipinski definition) is 2. The molecule has 0 aliphatic carbocycles. The first-order valence-electron chi connectivity index (χ1n) is 11.0. The van der Waals surface area contributed by atoms with Crippen molar-refractivity contribution in [2.24, 2.45) is 0 Å². The van der Waals surface area contributed by atoms with Gasteiger partial charge in [0, 0.05) is 17.1 Å². The van der Waals surface area contributed by atoms with E-state index in [1.54, 1.807) is 12.1 Å². The third kappa shape index (κ3) is 4.34. The molecule has 2 aromatic carbocycles. The van der Waals surface area contributed by atoms with Gasteiger partial charge in [-0.2, -0.15) is 0 Å². The van der Waals surface area contributed by atoms with Crippen molar-refractivity contribution in [1.29, 1.82) is 0 Å². The maximum absolute atomic E-state index is 12.9. The first kappa shape index (κ1) is 21.9. The van der Waals surface area contributed by atoms with Crippen LogP contribution in [-0.4, -0.2) is 25.7 Å². The number of amides is 1. The van der Waals surface area contributed by atoms with Gasteiger partial charge in [-0.05, 0) is 75.5 Å². The van der Waals surface area contributed by atoms with Gasteiger partial charge in [0.1, 0.15) is 5.56 Å². The minimum absolute atomic E-state index is 0.0648. The molecule has 7 heteroatoms. The zero-order valence-electron chi connectivity index (χ0n) is 18.6. The van der Waals surface area contributed by atoms with Gasteiger partial charge in [-0.1, -0.05) is 12.1 Å². The summed E-state index contributed by atoms with van der Waals surface area (Å²) in [6.07, 6.45) is 2.27. The van der Waals surface area contributed by atoms with Gasteiger partial charge >= 0.3 is 5.63 Å². The average molecular weight is 437 g/mol. The van der Waals surface area contributed by atoms with Gasteiger partial charge in [0.2, 0.25) is 5.75 Å². The van der Waals surface area contributed by atoms with Crippen LogP contribution in [-0.2, 0) is 0 Å². The highest BCUT2D eigenvalue weighted by atomic mass is 16.5. The van der Waals surface area contributed by atoms with Crippen LogP contribution in [0.4, 0.5) is 5.69 Å². The lowest BCUT2D eigenvalue weighted by atomic mass is 10.0. The predicted molar refractivity (Wildman–Crippen MR) is 124 cm³/mol. The van der Waals surface area contributed by atoms with E-state index in [1.807, 2.05) is 32.9 Å². The Kier molecular flexibility index (Phi) is 6.46. The molecule has 7 nitrogen and oxygen atoms in total. The lowest BCUT2D eigenvalue weighted by Crippen LogP contribution is -2.21. The molecule has 168 valence electrons. The zero-order valence-corrected chi connectivity index (χ0v) is 18.6. The number of fused-ring (bicyclic) bond motifs is 1. The smallest absolute Gasteiger partial charge is 0.349 e. The van der Waals surface area contributed by atoms with Crippen molar-refractivity contribution < 1.29 is 18.7 Å². The number of benzene rings is 2. The van der Waals surface area contributed by atoms with Crippen LogP contribution in [0.15, 0.2) is 45.6 Å². The monoisotopic (exact) mass is 436 g/mol. The Bertz CT molecular complexity index is 1190. The van der Waals surface area contributed by atoms with E-state index >= 15 is 0 Å². The van der Waals surface area contributed by atoms with Gasteiger partial charge in [0.15, 0.2) is 11.3 Å². The molecule has 1 atom stereocenters. The molecular formula is C25H28N2O5. The molecule has 2 N–H and O–H groups in total. The molecule has 1 fully saturated rings. The summed E-state index contributed by atoms with van der Waals surface area (Å²) in [5.74, 6) is 0.347. The number of carbonyl (C=O) groups excluding carboxylic acids is 1. The van der Waals surface area contributed by atoms with Crippen LogP contribution in [0, 0.1) is 6.92 Å². The van der Waals surface area contributed by atoms with E-state index in [9.17, 15) is 9.59 Å². The molecule has 0 radical (unpaired) electrons. The Balaban J connectivity index is 1.63. The van der Waals surface area contributed by atoms with Gasteiger partial charge < -0.3 is 24.5 Å². The summed E-state index contributed by atoms with van der Waals surface area (Å²) in [5, 5.41) is 6.91. The fourth-order valence-electron chi connectivity index (χ4n) is 4.05. The Morgan fingerprint density at radius 1 is 1.16 bits per heavy atom. The van der Waals surface area contributed by atoms with E-state index < -0.39 is 11.5 Å². The van der Waals surface area contributed by atoms with E-state index in [2.05, 4.69) is 16.7 Å². The van der Waals surface area contributed by atoms with Gasteiger partial charge in [-0.3, -0.25) is 4.79 Å². The summed E-state index contributed by atoms with van der Waals surface area (Å²) < 4.78 is 16.8. The van der Waals surface area contributed by atoms with Crippen molar-refractivity contribution >= 4 is 22.6 Å². The summed E-state index contributed by atoms with van der Waals surface area (Å²) >= 11 is 0. The molecule has 0 unspecified atom stereocenters. The molecule has 0 bridgehead atoms. The minimum atomic E-state index is -0.728. The molecule has 1 aliphatic heterocycles. The summed E-state index contributed by atoms with van der Waals surface area (Å²) in [5.41, 5.74) is 2.28. The first-order chi connectivity index (χ1) is 15.5. The first-order valence-corrected chi connectivity index (χ1v) is 11.0. The van der Waals surface area contributed by atoms with Crippen LogP contribution in [0.5, 0.6) is 11.5 Å². The molecular weight excluding hydrogens is 408 g/mol. The zero-order chi connectivity index (χ0) is 22.7. The summed E-state index contributed by atoms with van der Waals surface area (Å²) in [6.45, 7) is 7.51. The van der Waals surface area contributed by atoms with Crippen LogP contribution in [0.2, 0.25) is 0 Å². The molecule has 0 spiro atoms. The SMILES string of the molecule is CCOc1ccc2cc(C(=O)Nc3ccc([C@@H]4CCCN4)cc3C)c(=O)oc2c1OCC. The highest BCUT2D eigenvalue weighted by Crippen LogP contribution is 2.35. The van der Waals surface area contributed by atoms with E-state index in [4.69, 9.17) is 13.9 Å². The Morgan fingerprint density at radius 3 is 2.66 bits per heavy atom. The molecule has 4 rings (SSSR count). The standard InChI is InChI=1S/C25H28N2O5/c1-4-30-21-11-9-17-14-18(25(29)32-22(17)23(21)31-5-2)24(28)27-19-10-8-16(13-15(19)3)20-7-6-12-26-20/h8-11,13-14,20,26H,4-7,12H2,1-3H3,(H,27,28)/t20-/m0/s1. The molecule has 3 aromatic rings. The number of ether oxygens (including phenoxy) is 2. The Hall–Kier alpha value is -3.32. The van der Waals surface area contributed by atoms with E-state index in [-0.39, 0.29) is 11.1 Å². The maximum atomic E-state index is 12.9. The highest BCUT2D eigenvalue weighted by molar-refractivity contribution is 6.06. The van der Waals surface area contributed by atoms with Crippen molar-refractivity contribution in [3.63, 3.8) is 0 Å². The van der Waals surface area contributed by atoms with Crippen LogP contribution < -0.4 is 25.7 Å². The molecule has 1 amide bonds. The van der Waals surface area contributed by atoms with Gasteiger partial charge in [0.05, 0.1) is 13.2 Å². The quantitative estimate of drug-likeness (QED) is 0.527. The largest absolute Gasteiger partial charge is 0.490 e. The van der Waals surface area contributed by atoms with Crippen LogP contribution in [0.3, 0.4) is 0 Å². The van der Waals surface area contributed by atoms with Crippen molar-refractivity contribution in [3.05, 3.63) is 63.5 Å². The number of anilines is 1. The highest BCUT2D eigenvalue weighted by Gasteiger charge is 2.20. The number of rotatable bonds is 7. The summed E-state index contributed by atoms with van der Waals surface area (Å²) in [6, 6.07) is 11.3. The maximum Gasteiger partial charge on any atom is 0.349 e. The minimum Gasteiger partial charge on any atom is -0.490 e. The second-order valence-corrected chi connectivity index (χ2v) is 7.80. The van der Waals surface area contributed by atoms with Crippen LogP contribution in [0.25, 0.3) is 11.0 Å². The number of nitrogens with one attached hydrogen (secondary N) is 2. The van der Waals surface area contributed by atoms with Gasteiger partial charge in [-0.25, -0.2) is 4.79 Å². The van der Waals surface area contributed by atoms with Crippen molar-refractivity contribution in [3.8, 4) is 11.5 Å². The second kappa shape index (κ2) is 9.44. The fourth-order valence-corrected chi connectivity index (χ4v) is 4.05.